The Balaban J connectivity index is 2.23. The minimum Gasteiger partial charge on any atom is -0.478 e. The Labute approximate surface area is 237 Å². The van der Waals surface area contributed by atoms with Gasteiger partial charge in [-0.2, -0.15) is 10.3 Å². The second kappa shape index (κ2) is 12.8. The van der Waals surface area contributed by atoms with Crippen molar-refractivity contribution >= 4 is 35.2 Å². The van der Waals surface area contributed by atoms with Gasteiger partial charge in [-0.1, -0.05) is 11.6 Å². The van der Waals surface area contributed by atoms with Gasteiger partial charge in [-0.25, -0.2) is 14.6 Å². The van der Waals surface area contributed by atoms with Gasteiger partial charge in [0.15, 0.2) is 0 Å². The van der Waals surface area contributed by atoms with E-state index >= 15 is 0 Å². The van der Waals surface area contributed by atoms with E-state index in [-0.39, 0.29) is 39.8 Å². The highest BCUT2D eigenvalue weighted by Gasteiger charge is 2.45. The fraction of sp³-hybridized carbons (Fsp3) is 0.240. The maximum absolute atomic E-state index is 12.8. The van der Waals surface area contributed by atoms with Crippen molar-refractivity contribution in [2.75, 3.05) is 27.8 Å². The second-order valence-corrected chi connectivity index (χ2v) is 8.58. The number of hydrogen-bond acceptors (Lipinski definition) is 12. The Bertz CT molecular complexity index is 1510. The first-order valence-electron chi connectivity index (χ1n) is 11.5. The third kappa shape index (κ3) is 6.69. The Morgan fingerprint density at radius 1 is 1.22 bits per heavy atom. The minimum atomic E-state index is -1.70. The molecule has 0 aliphatic carbocycles. The molecule has 214 valence electrons. The van der Waals surface area contributed by atoms with Gasteiger partial charge in [0.25, 0.3) is 12.3 Å². The smallest absolute Gasteiger partial charge is 0.364 e. The molecular weight excluding hydrogens is 566 g/mol. The van der Waals surface area contributed by atoms with Crippen molar-refractivity contribution in [2.24, 2.45) is 4.99 Å². The molecule has 1 aliphatic heterocycles. The second-order valence-electron chi connectivity index (χ2n) is 8.17. The Kier molecular flexibility index (Phi) is 9.45. The van der Waals surface area contributed by atoms with Gasteiger partial charge in [0.2, 0.25) is 5.71 Å². The van der Waals surface area contributed by atoms with E-state index in [1.54, 1.807) is 0 Å². The normalized spacial score (nSPS) is 14.5. The highest BCUT2D eigenvalue weighted by molar-refractivity contribution is 6.42. The van der Waals surface area contributed by atoms with Crippen molar-refractivity contribution in [2.45, 2.75) is 13.3 Å². The van der Waals surface area contributed by atoms with Crippen LogP contribution in [0, 0.1) is 21.4 Å². The Morgan fingerprint density at radius 2 is 1.90 bits per heavy atom. The molecule has 0 spiro atoms. The predicted octanol–water partition coefficient (Wildman–Crippen LogP) is 2.68. The minimum absolute atomic E-state index is 0.0282. The van der Waals surface area contributed by atoms with Gasteiger partial charge in [-0.15, -0.1) is 0 Å². The van der Waals surface area contributed by atoms with E-state index in [9.17, 15) is 34.9 Å². The summed E-state index contributed by atoms with van der Waals surface area (Å²) in [5, 5.41) is 31.7. The molecule has 1 aliphatic rings. The molecule has 1 heterocycles. The zero-order valence-electron chi connectivity index (χ0n) is 22.0. The number of nitrogens with zero attached hydrogens (tertiary/aromatic N) is 5. The first kappa shape index (κ1) is 30.3. The summed E-state index contributed by atoms with van der Waals surface area (Å²) in [6, 6.07) is 9.19. The molecule has 1 atom stereocenters. The summed E-state index contributed by atoms with van der Waals surface area (Å²) in [6.45, 7) is 1.31. The molecule has 0 fully saturated rings. The molecule has 0 radical (unpaired) electrons. The molecule has 41 heavy (non-hydrogen) atoms. The molecule has 0 saturated carbocycles. The van der Waals surface area contributed by atoms with Crippen LogP contribution in [0.1, 0.15) is 33.2 Å². The largest absolute Gasteiger partial charge is 0.478 e. The summed E-state index contributed by atoms with van der Waals surface area (Å²) in [6.07, 6.45) is -1.70. The number of aliphatic imine (C=N–C) groups is 1. The van der Waals surface area contributed by atoms with E-state index in [2.05, 4.69) is 4.99 Å². The van der Waals surface area contributed by atoms with Crippen LogP contribution in [0.4, 0.5) is 0 Å². The number of carboxylic acids is 1. The average Bonchev–Trinajstić information content (AvgIpc) is 2.93. The molecule has 1 N–H and O–H groups in total. The topological polar surface area (TPSA) is 194 Å². The zero-order valence-corrected chi connectivity index (χ0v) is 22.7. The highest BCUT2D eigenvalue weighted by atomic mass is 35.5. The molecule has 2 aromatic carbocycles. The number of nitriles is 1. The van der Waals surface area contributed by atoms with Gasteiger partial charge in [-0.05, 0) is 43.3 Å². The maximum atomic E-state index is 12.8. The summed E-state index contributed by atoms with van der Waals surface area (Å²) < 4.78 is 16.5. The number of carbonyl (C=O) groups excluding carboxylic acids is 2. The van der Waals surface area contributed by atoms with Crippen LogP contribution < -0.4 is 9.47 Å². The average molecular weight is 588 g/mol. The van der Waals surface area contributed by atoms with Gasteiger partial charge >= 0.3 is 23.5 Å². The third-order valence-corrected chi connectivity index (χ3v) is 5.54. The fourth-order valence-corrected chi connectivity index (χ4v) is 3.60. The number of carbonyl (C=O) groups is 3. The number of amides is 1. The number of esters is 1. The number of nitro groups is 1. The molecule has 1 amide bonds. The molecular formula is C25H22ClN5O10. The fourth-order valence-electron chi connectivity index (χ4n) is 3.44. The number of halogens is 1. The van der Waals surface area contributed by atoms with E-state index in [4.69, 9.17) is 30.6 Å². The molecule has 0 saturated heterocycles. The summed E-state index contributed by atoms with van der Waals surface area (Å²) in [4.78, 5) is 58.8. The van der Waals surface area contributed by atoms with Crippen LogP contribution in [0.2, 0.25) is 5.02 Å². The van der Waals surface area contributed by atoms with Crippen molar-refractivity contribution < 1.29 is 43.5 Å². The van der Waals surface area contributed by atoms with Gasteiger partial charge in [0.1, 0.15) is 11.5 Å². The summed E-state index contributed by atoms with van der Waals surface area (Å²) in [5.41, 5.74) is -2.16. The van der Waals surface area contributed by atoms with Crippen LogP contribution in [0.3, 0.4) is 0 Å². The molecule has 0 bridgehead atoms. The van der Waals surface area contributed by atoms with Crippen LogP contribution in [-0.4, -0.2) is 77.7 Å². The molecule has 2 aromatic rings. The summed E-state index contributed by atoms with van der Waals surface area (Å²) in [7, 11) is 3.96. The van der Waals surface area contributed by atoms with E-state index in [0.717, 1.165) is 25.3 Å². The maximum Gasteiger partial charge on any atom is 0.364 e. The summed E-state index contributed by atoms with van der Waals surface area (Å²) in [5.74, 6) is -4.40. The summed E-state index contributed by atoms with van der Waals surface area (Å²) >= 11 is 6.20. The highest BCUT2D eigenvalue weighted by Crippen LogP contribution is 2.32. The number of aromatic carboxylic acids is 1. The van der Waals surface area contributed by atoms with Gasteiger partial charge in [0, 0.05) is 19.7 Å². The van der Waals surface area contributed by atoms with Crippen LogP contribution in [0.25, 0.3) is 0 Å². The molecule has 0 aromatic heterocycles. The number of hydroxylamine groups is 2. The van der Waals surface area contributed by atoms with Crippen molar-refractivity contribution in [3.05, 3.63) is 79.8 Å². The van der Waals surface area contributed by atoms with E-state index in [1.165, 1.54) is 44.1 Å². The van der Waals surface area contributed by atoms with Crippen molar-refractivity contribution in [1.82, 2.24) is 9.96 Å². The van der Waals surface area contributed by atoms with Crippen molar-refractivity contribution in [3.63, 3.8) is 0 Å². The van der Waals surface area contributed by atoms with Gasteiger partial charge in [-0.3, -0.25) is 19.7 Å². The standard InChI is InChI=1S/C25H22ClN5O10/c1-5-39-24(35)19-20(31(36)37)22(40-16-10-14(21(32)29(2)3)9-15(11-16)23(33)34)30(38-4)25(28-19)41-18-8-13(12-27)6-7-17(18)26/h6-11,25H,5H2,1-4H3,(H,33,34). The Hall–Kier alpha value is -5.20. The predicted molar refractivity (Wildman–Crippen MR) is 140 cm³/mol. The monoisotopic (exact) mass is 587 g/mol. The number of carboxylic acid groups (broad SMARTS) is 1. The lowest BCUT2D eigenvalue weighted by molar-refractivity contribution is -0.422. The van der Waals surface area contributed by atoms with E-state index in [0.29, 0.717) is 5.06 Å². The molecule has 3 rings (SSSR count). The number of benzene rings is 2. The molecule has 15 nitrogen and oxygen atoms in total. The first-order valence-corrected chi connectivity index (χ1v) is 11.9. The van der Waals surface area contributed by atoms with Crippen LogP contribution in [0.5, 0.6) is 11.5 Å². The van der Waals surface area contributed by atoms with Crippen LogP contribution >= 0.6 is 11.6 Å². The molecule has 16 heteroatoms. The number of ether oxygens (including phenoxy) is 3. The number of hydrogen-bond donors (Lipinski definition) is 1. The quantitative estimate of drug-likeness (QED) is 0.243. The van der Waals surface area contributed by atoms with Crippen LogP contribution in [-0.2, 0) is 14.4 Å². The lowest BCUT2D eigenvalue weighted by Crippen LogP contribution is -2.46. The number of rotatable bonds is 10. The lowest BCUT2D eigenvalue weighted by atomic mass is 10.1. The van der Waals surface area contributed by atoms with Gasteiger partial charge in [0.05, 0.1) is 40.9 Å². The van der Waals surface area contributed by atoms with Crippen molar-refractivity contribution in [3.8, 4) is 17.6 Å². The van der Waals surface area contributed by atoms with E-state index < -0.39 is 46.4 Å². The first-order chi connectivity index (χ1) is 19.4. The van der Waals surface area contributed by atoms with E-state index in [1.807, 2.05) is 6.07 Å². The zero-order chi connectivity index (χ0) is 30.4. The molecule has 1 unspecified atom stereocenters. The van der Waals surface area contributed by atoms with Gasteiger partial charge < -0.3 is 24.2 Å². The Morgan fingerprint density at radius 3 is 2.46 bits per heavy atom. The lowest BCUT2D eigenvalue weighted by Gasteiger charge is -2.32. The van der Waals surface area contributed by atoms with Crippen molar-refractivity contribution in [1.29, 1.82) is 5.26 Å². The third-order valence-electron chi connectivity index (χ3n) is 5.23. The SMILES string of the molecule is CCOC(=O)C1=NC(Oc2cc(C#N)ccc2Cl)N(OC)C(Oc2cc(C(=O)O)cc(C(=O)N(C)C)c2)=C1[N+](=O)[O-]. The van der Waals surface area contributed by atoms with Crippen LogP contribution in [0.15, 0.2) is 53.0 Å².